The summed E-state index contributed by atoms with van der Waals surface area (Å²) in [6.45, 7) is 8.62. The zero-order valence-electron chi connectivity index (χ0n) is 13.5. The van der Waals surface area contributed by atoms with E-state index in [1.807, 2.05) is 76.2 Å². The van der Waals surface area contributed by atoms with Crippen LogP contribution in [0.5, 0.6) is 0 Å². The van der Waals surface area contributed by atoms with Gasteiger partial charge in [-0.3, -0.25) is 9.78 Å². The molecule has 0 saturated carbocycles. The Hall–Kier alpha value is -2.16. The van der Waals surface area contributed by atoms with Gasteiger partial charge in [-0.25, -0.2) is 0 Å². The van der Waals surface area contributed by atoms with Gasteiger partial charge in [0.15, 0.2) is 0 Å². The first-order valence-corrected chi connectivity index (χ1v) is 7.58. The van der Waals surface area contributed by atoms with Crippen molar-refractivity contribution in [2.45, 2.75) is 34.1 Å². The molecule has 0 aliphatic carbocycles. The molecule has 114 valence electrons. The molecule has 0 bridgehead atoms. The molecule has 0 aliphatic heterocycles. The minimum Gasteiger partial charge on any atom is -0.358 e. The first kappa shape index (κ1) is 18.8. The topological polar surface area (TPSA) is 42.0 Å². The molecule has 2 aromatic rings. The highest BCUT2D eigenvalue weighted by Gasteiger charge is 2.00. The van der Waals surface area contributed by atoms with E-state index in [0.29, 0.717) is 13.0 Å². The lowest BCUT2D eigenvalue weighted by molar-refractivity contribution is -0.109. The van der Waals surface area contributed by atoms with Crippen molar-refractivity contribution < 1.29 is 4.79 Å². The zero-order chi connectivity index (χ0) is 15.9. The standard InChI is InChI=1S/C14H14N2O.2C2H6/c17-11-15-10-9-13-7-4-8-14(16-13)12-5-2-1-3-6-12;2*1-2/h1-8,11H,9-10H2,(H,15,17);2*1-2H3. The lowest BCUT2D eigenvalue weighted by Gasteiger charge is -2.04. The first-order chi connectivity index (χ1) is 10.4. The number of benzene rings is 1. The van der Waals surface area contributed by atoms with E-state index < -0.39 is 0 Å². The van der Waals surface area contributed by atoms with Crippen LogP contribution in [-0.4, -0.2) is 17.9 Å². The van der Waals surface area contributed by atoms with Gasteiger partial charge in [0.2, 0.25) is 6.41 Å². The molecule has 1 N–H and O–H groups in total. The molecule has 1 aromatic carbocycles. The molecule has 0 unspecified atom stereocenters. The first-order valence-electron chi connectivity index (χ1n) is 7.58. The number of carbonyl (C=O) groups excluding carboxylic acids is 1. The molecular formula is C18H26N2O. The Kier molecular flexibility index (Phi) is 11.5. The van der Waals surface area contributed by atoms with Gasteiger partial charge in [-0.1, -0.05) is 64.1 Å². The molecule has 0 spiro atoms. The molecular weight excluding hydrogens is 260 g/mol. The average molecular weight is 286 g/mol. The number of nitrogens with zero attached hydrogens (tertiary/aromatic N) is 1. The van der Waals surface area contributed by atoms with Crippen LogP contribution >= 0.6 is 0 Å². The number of amides is 1. The Morgan fingerprint density at radius 3 is 2.24 bits per heavy atom. The molecule has 0 radical (unpaired) electrons. The van der Waals surface area contributed by atoms with E-state index in [0.717, 1.165) is 23.4 Å². The Bertz CT molecular complexity index is 484. The molecule has 0 aliphatic rings. The number of hydrogen-bond acceptors (Lipinski definition) is 2. The Morgan fingerprint density at radius 1 is 0.952 bits per heavy atom. The van der Waals surface area contributed by atoms with Crippen molar-refractivity contribution in [2.75, 3.05) is 6.54 Å². The van der Waals surface area contributed by atoms with Crippen molar-refractivity contribution >= 4 is 6.41 Å². The van der Waals surface area contributed by atoms with E-state index in [9.17, 15) is 4.79 Å². The number of carbonyl (C=O) groups is 1. The van der Waals surface area contributed by atoms with E-state index in [4.69, 9.17) is 0 Å². The maximum atomic E-state index is 10.2. The highest BCUT2D eigenvalue weighted by Crippen LogP contribution is 2.16. The summed E-state index contributed by atoms with van der Waals surface area (Å²) in [5.41, 5.74) is 3.06. The van der Waals surface area contributed by atoms with E-state index in [2.05, 4.69) is 10.3 Å². The molecule has 1 heterocycles. The smallest absolute Gasteiger partial charge is 0.207 e. The van der Waals surface area contributed by atoms with Crippen LogP contribution in [0.4, 0.5) is 0 Å². The van der Waals surface area contributed by atoms with Crippen molar-refractivity contribution in [1.82, 2.24) is 10.3 Å². The van der Waals surface area contributed by atoms with Crippen LogP contribution in [-0.2, 0) is 11.2 Å². The van der Waals surface area contributed by atoms with Crippen molar-refractivity contribution in [3.05, 3.63) is 54.2 Å². The summed E-state index contributed by atoms with van der Waals surface area (Å²) >= 11 is 0. The Labute approximate surface area is 128 Å². The van der Waals surface area contributed by atoms with Gasteiger partial charge in [0, 0.05) is 24.2 Å². The Morgan fingerprint density at radius 2 is 1.62 bits per heavy atom. The fourth-order valence-corrected chi connectivity index (χ4v) is 1.65. The quantitative estimate of drug-likeness (QED) is 0.664. The summed E-state index contributed by atoms with van der Waals surface area (Å²) in [6.07, 6.45) is 1.46. The van der Waals surface area contributed by atoms with E-state index in [1.54, 1.807) is 0 Å². The van der Waals surface area contributed by atoms with Gasteiger partial charge in [-0.15, -0.1) is 0 Å². The largest absolute Gasteiger partial charge is 0.358 e. The van der Waals surface area contributed by atoms with Gasteiger partial charge >= 0.3 is 0 Å². The third-order valence-electron chi connectivity index (χ3n) is 2.49. The van der Waals surface area contributed by atoms with E-state index in [1.165, 1.54) is 0 Å². The van der Waals surface area contributed by atoms with E-state index >= 15 is 0 Å². The normalized spacial score (nSPS) is 8.57. The van der Waals surface area contributed by atoms with Crippen LogP contribution in [0.15, 0.2) is 48.5 Å². The molecule has 1 aromatic heterocycles. The minimum absolute atomic E-state index is 0.620. The molecule has 21 heavy (non-hydrogen) atoms. The number of hydrogen-bond donors (Lipinski definition) is 1. The fraction of sp³-hybridized carbons (Fsp3) is 0.333. The fourth-order valence-electron chi connectivity index (χ4n) is 1.65. The molecule has 3 heteroatoms. The van der Waals surface area contributed by atoms with Gasteiger partial charge in [0.25, 0.3) is 0 Å². The number of aromatic nitrogens is 1. The van der Waals surface area contributed by atoms with Crippen LogP contribution in [0.1, 0.15) is 33.4 Å². The average Bonchev–Trinajstić information content (AvgIpc) is 2.60. The van der Waals surface area contributed by atoms with Crippen molar-refractivity contribution in [3.63, 3.8) is 0 Å². The van der Waals surface area contributed by atoms with Gasteiger partial charge in [-0.05, 0) is 12.1 Å². The molecule has 0 fully saturated rings. The summed E-state index contributed by atoms with van der Waals surface area (Å²) in [7, 11) is 0. The third-order valence-corrected chi connectivity index (χ3v) is 2.49. The van der Waals surface area contributed by atoms with Crippen LogP contribution in [0, 0.1) is 0 Å². The van der Waals surface area contributed by atoms with Crippen molar-refractivity contribution in [3.8, 4) is 11.3 Å². The van der Waals surface area contributed by atoms with Crippen LogP contribution in [0.25, 0.3) is 11.3 Å². The second-order valence-corrected chi connectivity index (χ2v) is 3.70. The number of pyridine rings is 1. The van der Waals surface area contributed by atoms with Gasteiger partial charge < -0.3 is 5.32 Å². The van der Waals surface area contributed by atoms with E-state index in [-0.39, 0.29) is 0 Å². The maximum absolute atomic E-state index is 10.2. The molecule has 0 atom stereocenters. The predicted molar refractivity (Wildman–Crippen MR) is 90.1 cm³/mol. The summed E-state index contributed by atoms with van der Waals surface area (Å²) in [5.74, 6) is 0. The minimum atomic E-state index is 0.620. The highest BCUT2D eigenvalue weighted by atomic mass is 16.1. The molecule has 0 saturated heterocycles. The second-order valence-electron chi connectivity index (χ2n) is 3.70. The van der Waals surface area contributed by atoms with Crippen LogP contribution < -0.4 is 5.32 Å². The van der Waals surface area contributed by atoms with Gasteiger partial charge in [0.05, 0.1) is 5.69 Å². The Balaban J connectivity index is 0.000000921. The molecule has 3 nitrogen and oxygen atoms in total. The van der Waals surface area contributed by atoms with Crippen LogP contribution in [0.2, 0.25) is 0 Å². The van der Waals surface area contributed by atoms with Gasteiger partial charge in [0.1, 0.15) is 0 Å². The predicted octanol–water partition coefficient (Wildman–Crippen LogP) is 4.09. The van der Waals surface area contributed by atoms with Crippen LogP contribution in [0.3, 0.4) is 0 Å². The number of nitrogens with one attached hydrogen (secondary N) is 1. The monoisotopic (exact) mass is 286 g/mol. The zero-order valence-corrected chi connectivity index (χ0v) is 13.5. The molecule has 2 rings (SSSR count). The van der Waals surface area contributed by atoms with Crippen molar-refractivity contribution in [2.24, 2.45) is 0 Å². The van der Waals surface area contributed by atoms with Gasteiger partial charge in [-0.2, -0.15) is 0 Å². The summed E-state index contributed by atoms with van der Waals surface area (Å²) in [4.78, 5) is 14.7. The lowest BCUT2D eigenvalue weighted by Crippen LogP contribution is -2.14. The maximum Gasteiger partial charge on any atom is 0.207 e. The highest BCUT2D eigenvalue weighted by molar-refractivity contribution is 5.58. The summed E-state index contributed by atoms with van der Waals surface area (Å²) in [5, 5.41) is 2.64. The lowest BCUT2D eigenvalue weighted by atomic mass is 10.1. The summed E-state index contributed by atoms with van der Waals surface area (Å²) in [6, 6.07) is 16.0. The summed E-state index contributed by atoms with van der Waals surface area (Å²) < 4.78 is 0. The molecule has 1 amide bonds. The SMILES string of the molecule is CC.CC.O=CNCCc1cccc(-c2ccccc2)n1. The second kappa shape index (κ2) is 12.9. The third kappa shape index (κ3) is 7.25. The number of rotatable bonds is 5. The van der Waals surface area contributed by atoms with Crippen molar-refractivity contribution in [1.29, 1.82) is 0 Å².